The summed E-state index contributed by atoms with van der Waals surface area (Å²) >= 11 is 1.10. The topological polar surface area (TPSA) is 79.3 Å². The minimum absolute atomic E-state index is 0.113. The molecule has 1 heterocycles. The van der Waals surface area contributed by atoms with Crippen molar-refractivity contribution >= 4 is 23.2 Å². The Morgan fingerprint density at radius 2 is 2.00 bits per heavy atom. The Morgan fingerprint density at radius 1 is 1.33 bits per heavy atom. The van der Waals surface area contributed by atoms with Gasteiger partial charge in [0, 0.05) is 0 Å². The number of nitrogens with one attached hydrogen (secondary N) is 1. The predicted octanol–water partition coefficient (Wildman–Crippen LogP) is 2.57. The van der Waals surface area contributed by atoms with Crippen molar-refractivity contribution in [2.24, 2.45) is 0 Å². The van der Waals surface area contributed by atoms with Gasteiger partial charge in [-0.05, 0) is 19.4 Å². The van der Waals surface area contributed by atoms with Gasteiger partial charge in [-0.2, -0.15) is 0 Å². The van der Waals surface area contributed by atoms with Gasteiger partial charge < -0.3 is 10.4 Å². The van der Waals surface area contributed by atoms with Crippen molar-refractivity contribution in [1.29, 1.82) is 0 Å². The normalized spacial score (nSPS) is 11.9. The van der Waals surface area contributed by atoms with E-state index >= 15 is 0 Å². The van der Waals surface area contributed by atoms with Crippen LogP contribution in [0.15, 0.2) is 30.3 Å². The van der Waals surface area contributed by atoms with Crippen LogP contribution in [0, 0.1) is 6.92 Å². The van der Waals surface area contributed by atoms with Crippen LogP contribution in [0.2, 0.25) is 0 Å². The molecule has 2 aromatic rings. The number of aryl methyl sites for hydroxylation is 1. The van der Waals surface area contributed by atoms with Crippen molar-refractivity contribution < 1.29 is 14.7 Å². The van der Waals surface area contributed by atoms with Gasteiger partial charge in [-0.25, -0.2) is 9.78 Å². The Morgan fingerprint density at radius 3 is 2.57 bits per heavy atom. The van der Waals surface area contributed by atoms with Crippen molar-refractivity contribution in [3.63, 3.8) is 0 Å². The average Bonchev–Trinajstić information content (AvgIpc) is 2.82. The fourth-order valence-corrected chi connectivity index (χ4v) is 2.84. The summed E-state index contributed by atoms with van der Waals surface area (Å²) in [5.74, 6) is -1.10. The van der Waals surface area contributed by atoms with Crippen LogP contribution in [-0.2, 0) is 11.2 Å². The van der Waals surface area contributed by atoms with Crippen molar-refractivity contribution in [3.05, 3.63) is 51.5 Å². The standard InChI is InChI=1S/C15H16N2O3S/c1-9-13(15(19)20)21-14(17-9)10(2)16-12(18)8-11-6-4-3-5-7-11/h3-7,10H,8H2,1-2H3,(H,16,18)(H,19,20). The highest BCUT2D eigenvalue weighted by atomic mass is 32.1. The first-order valence-corrected chi connectivity index (χ1v) is 7.33. The molecule has 1 aromatic carbocycles. The Kier molecular flexibility index (Phi) is 4.70. The molecule has 1 amide bonds. The average molecular weight is 304 g/mol. The summed E-state index contributed by atoms with van der Waals surface area (Å²) in [5, 5.41) is 12.5. The van der Waals surface area contributed by atoms with Crippen molar-refractivity contribution in [2.45, 2.75) is 26.3 Å². The van der Waals surface area contributed by atoms with E-state index in [2.05, 4.69) is 10.3 Å². The maximum atomic E-state index is 12.0. The monoisotopic (exact) mass is 304 g/mol. The number of thiazole rings is 1. The van der Waals surface area contributed by atoms with Crippen molar-refractivity contribution in [2.75, 3.05) is 0 Å². The molecule has 1 unspecified atom stereocenters. The quantitative estimate of drug-likeness (QED) is 0.889. The first-order chi connectivity index (χ1) is 9.97. The Bertz CT molecular complexity index is 652. The highest BCUT2D eigenvalue weighted by molar-refractivity contribution is 7.13. The fraction of sp³-hybridized carbons (Fsp3) is 0.267. The molecule has 5 nitrogen and oxygen atoms in total. The third-order valence-corrected chi connectivity index (χ3v) is 4.29. The molecular formula is C15H16N2O3S. The van der Waals surface area contributed by atoms with Crippen LogP contribution in [0.5, 0.6) is 0 Å². The van der Waals surface area contributed by atoms with E-state index in [1.54, 1.807) is 13.8 Å². The lowest BCUT2D eigenvalue weighted by Crippen LogP contribution is -2.28. The molecule has 0 saturated heterocycles. The number of carboxylic acids is 1. The Balaban J connectivity index is 2.01. The maximum absolute atomic E-state index is 12.0. The summed E-state index contributed by atoms with van der Waals surface area (Å²) in [6, 6.07) is 9.14. The third-order valence-electron chi connectivity index (χ3n) is 2.96. The van der Waals surface area contributed by atoms with Crippen LogP contribution in [0.4, 0.5) is 0 Å². The number of aromatic nitrogens is 1. The molecule has 0 bridgehead atoms. The molecule has 0 fully saturated rings. The van der Waals surface area contributed by atoms with Crippen LogP contribution in [-0.4, -0.2) is 22.0 Å². The van der Waals surface area contributed by atoms with Gasteiger partial charge in [0.2, 0.25) is 5.91 Å². The number of carboxylic acid groups (broad SMARTS) is 1. The molecular weight excluding hydrogens is 288 g/mol. The van der Waals surface area contributed by atoms with E-state index in [1.807, 2.05) is 30.3 Å². The second kappa shape index (κ2) is 6.49. The molecule has 1 atom stereocenters. The molecule has 0 aliphatic heterocycles. The first-order valence-electron chi connectivity index (χ1n) is 6.51. The molecule has 110 valence electrons. The molecule has 0 aliphatic rings. The highest BCUT2D eigenvalue weighted by Crippen LogP contribution is 2.23. The van der Waals surface area contributed by atoms with E-state index in [4.69, 9.17) is 5.11 Å². The molecule has 0 spiro atoms. The largest absolute Gasteiger partial charge is 0.477 e. The predicted molar refractivity (Wildman–Crippen MR) is 80.5 cm³/mol. The molecule has 0 aliphatic carbocycles. The second-order valence-corrected chi connectivity index (χ2v) is 5.75. The van der Waals surface area contributed by atoms with Gasteiger partial charge in [-0.15, -0.1) is 11.3 Å². The number of rotatable bonds is 5. The number of hydrogen-bond donors (Lipinski definition) is 2. The number of benzene rings is 1. The zero-order valence-corrected chi connectivity index (χ0v) is 12.6. The summed E-state index contributed by atoms with van der Waals surface area (Å²) in [6.45, 7) is 3.45. The maximum Gasteiger partial charge on any atom is 0.347 e. The summed E-state index contributed by atoms with van der Waals surface area (Å²) < 4.78 is 0. The number of carbonyl (C=O) groups is 2. The van der Waals surface area contributed by atoms with E-state index in [0.29, 0.717) is 17.1 Å². The van der Waals surface area contributed by atoms with Crippen LogP contribution in [0.3, 0.4) is 0 Å². The van der Waals surface area contributed by atoms with Gasteiger partial charge >= 0.3 is 5.97 Å². The number of aromatic carboxylic acids is 1. The third kappa shape index (κ3) is 3.88. The number of hydrogen-bond acceptors (Lipinski definition) is 4. The molecule has 21 heavy (non-hydrogen) atoms. The minimum atomic E-state index is -0.987. The second-order valence-electron chi connectivity index (χ2n) is 4.72. The van der Waals surface area contributed by atoms with Crippen LogP contribution in [0.1, 0.15) is 38.9 Å². The molecule has 2 rings (SSSR count). The summed E-state index contributed by atoms with van der Waals surface area (Å²) in [5.41, 5.74) is 1.41. The van der Waals surface area contributed by atoms with E-state index in [9.17, 15) is 9.59 Å². The van der Waals surface area contributed by atoms with E-state index < -0.39 is 5.97 Å². The van der Waals surface area contributed by atoms with Crippen LogP contribution in [0.25, 0.3) is 0 Å². The van der Waals surface area contributed by atoms with E-state index in [-0.39, 0.29) is 16.8 Å². The van der Waals surface area contributed by atoms with Crippen molar-refractivity contribution in [1.82, 2.24) is 10.3 Å². The van der Waals surface area contributed by atoms with Gasteiger partial charge in [0.25, 0.3) is 0 Å². The lowest BCUT2D eigenvalue weighted by Gasteiger charge is -2.11. The van der Waals surface area contributed by atoms with Crippen molar-refractivity contribution in [3.8, 4) is 0 Å². The van der Waals surface area contributed by atoms with Gasteiger partial charge in [0.05, 0.1) is 18.2 Å². The number of amides is 1. The fourth-order valence-electron chi connectivity index (χ4n) is 1.94. The highest BCUT2D eigenvalue weighted by Gasteiger charge is 2.19. The molecule has 0 radical (unpaired) electrons. The van der Waals surface area contributed by atoms with E-state index in [0.717, 1.165) is 16.9 Å². The molecule has 2 N–H and O–H groups in total. The number of nitrogens with zero attached hydrogens (tertiary/aromatic N) is 1. The summed E-state index contributed by atoms with van der Waals surface area (Å²) in [4.78, 5) is 27.4. The Labute approximate surface area is 126 Å². The smallest absolute Gasteiger partial charge is 0.347 e. The zero-order valence-electron chi connectivity index (χ0n) is 11.8. The van der Waals surface area contributed by atoms with Gasteiger partial charge in [-0.1, -0.05) is 30.3 Å². The van der Waals surface area contributed by atoms with Crippen LogP contribution >= 0.6 is 11.3 Å². The van der Waals surface area contributed by atoms with Gasteiger partial charge in [-0.3, -0.25) is 4.79 Å². The molecule has 6 heteroatoms. The SMILES string of the molecule is Cc1nc(C(C)NC(=O)Cc2ccccc2)sc1C(=O)O. The zero-order chi connectivity index (χ0) is 15.4. The van der Waals surface area contributed by atoms with Crippen LogP contribution < -0.4 is 5.32 Å². The molecule has 0 saturated carbocycles. The Hall–Kier alpha value is -2.21. The van der Waals surface area contributed by atoms with Gasteiger partial charge in [0.15, 0.2) is 0 Å². The molecule has 1 aromatic heterocycles. The van der Waals surface area contributed by atoms with Gasteiger partial charge in [0.1, 0.15) is 9.88 Å². The summed E-state index contributed by atoms with van der Waals surface area (Å²) in [6.07, 6.45) is 0.293. The number of carbonyl (C=O) groups excluding carboxylic acids is 1. The minimum Gasteiger partial charge on any atom is -0.477 e. The lowest BCUT2D eigenvalue weighted by atomic mass is 10.1. The first kappa shape index (κ1) is 15.2. The van der Waals surface area contributed by atoms with E-state index in [1.165, 1.54) is 0 Å². The lowest BCUT2D eigenvalue weighted by molar-refractivity contribution is -0.121. The summed E-state index contributed by atoms with van der Waals surface area (Å²) in [7, 11) is 0.